The molecule has 114 valence electrons. The molecule has 2 N–H and O–H groups in total. The number of rotatable bonds is 8. The van der Waals surface area contributed by atoms with E-state index >= 15 is 0 Å². The predicted octanol–water partition coefficient (Wildman–Crippen LogP) is 1.73. The first-order valence-corrected chi connectivity index (χ1v) is 9.36. The van der Waals surface area contributed by atoms with Crippen molar-refractivity contribution >= 4 is 9.84 Å². The van der Waals surface area contributed by atoms with Crippen LogP contribution in [0.1, 0.15) is 52.4 Å². The largest absolute Gasteiger partial charge is 0.389 e. The lowest BCUT2D eigenvalue weighted by molar-refractivity contribution is -0.00811. The first-order valence-electron chi connectivity index (χ1n) is 7.54. The maximum atomic E-state index is 11.5. The number of hydrogen-bond donors (Lipinski definition) is 2. The van der Waals surface area contributed by atoms with Crippen LogP contribution in [0.3, 0.4) is 0 Å². The van der Waals surface area contributed by atoms with E-state index in [1.54, 1.807) is 0 Å². The van der Waals surface area contributed by atoms with Gasteiger partial charge in [0.1, 0.15) is 0 Å². The quantitative estimate of drug-likeness (QED) is 0.668. The number of nitrogens with one attached hydrogen (secondary N) is 1. The van der Waals surface area contributed by atoms with E-state index in [1.165, 1.54) is 6.42 Å². The lowest BCUT2D eigenvalue weighted by Crippen LogP contribution is -2.44. The molecule has 1 fully saturated rings. The Morgan fingerprint density at radius 3 is 2.37 bits per heavy atom. The standard InChI is InChI=1S/C14H29NO3S/c1-3-10-19(17,18)11-9-15-12-14(16)7-5-13(4-2)6-8-14/h13,15-16H,3-12H2,1-2H3. The van der Waals surface area contributed by atoms with Gasteiger partial charge in [-0.3, -0.25) is 0 Å². The van der Waals surface area contributed by atoms with E-state index < -0.39 is 15.4 Å². The molecule has 19 heavy (non-hydrogen) atoms. The van der Waals surface area contributed by atoms with E-state index in [-0.39, 0.29) is 11.5 Å². The van der Waals surface area contributed by atoms with Gasteiger partial charge in [0.2, 0.25) is 0 Å². The summed E-state index contributed by atoms with van der Waals surface area (Å²) in [6.45, 7) is 5.04. The highest BCUT2D eigenvalue weighted by molar-refractivity contribution is 7.91. The second-order valence-electron chi connectivity index (χ2n) is 5.90. The maximum absolute atomic E-state index is 11.5. The van der Waals surface area contributed by atoms with Crippen LogP contribution in [-0.4, -0.2) is 43.7 Å². The van der Waals surface area contributed by atoms with Crippen molar-refractivity contribution in [1.82, 2.24) is 5.32 Å². The number of hydrogen-bond acceptors (Lipinski definition) is 4. The number of sulfone groups is 1. The zero-order valence-corrected chi connectivity index (χ0v) is 13.1. The third-order valence-electron chi connectivity index (χ3n) is 4.17. The van der Waals surface area contributed by atoms with Crippen LogP contribution in [0.4, 0.5) is 0 Å². The van der Waals surface area contributed by atoms with Gasteiger partial charge in [-0.1, -0.05) is 20.3 Å². The van der Waals surface area contributed by atoms with Gasteiger partial charge in [-0.05, 0) is 38.0 Å². The van der Waals surface area contributed by atoms with Gasteiger partial charge < -0.3 is 10.4 Å². The third kappa shape index (κ3) is 6.23. The van der Waals surface area contributed by atoms with Crippen molar-refractivity contribution < 1.29 is 13.5 Å². The van der Waals surface area contributed by atoms with E-state index in [2.05, 4.69) is 12.2 Å². The summed E-state index contributed by atoms with van der Waals surface area (Å²) in [5.74, 6) is 1.19. The molecule has 0 amide bonds. The molecular weight excluding hydrogens is 262 g/mol. The molecule has 0 bridgehead atoms. The highest BCUT2D eigenvalue weighted by atomic mass is 32.2. The minimum absolute atomic E-state index is 0.175. The van der Waals surface area contributed by atoms with Crippen LogP contribution in [0.25, 0.3) is 0 Å². The minimum Gasteiger partial charge on any atom is -0.389 e. The van der Waals surface area contributed by atoms with Gasteiger partial charge >= 0.3 is 0 Å². The fourth-order valence-electron chi connectivity index (χ4n) is 2.76. The van der Waals surface area contributed by atoms with E-state index in [9.17, 15) is 13.5 Å². The molecule has 1 rings (SSSR count). The van der Waals surface area contributed by atoms with Crippen LogP contribution < -0.4 is 5.32 Å². The maximum Gasteiger partial charge on any atom is 0.151 e. The first kappa shape index (κ1) is 16.9. The van der Waals surface area contributed by atoms with Crippen molar-refractivity contribution in [3.63, 3.8) is 0 Å². The van der Waals surface area contributed by atoms with Crippen LogP contribution in [0.2, 0.25) is 0 Å². The summed E-state index contributed by atoms with van der Waals surface area (Å²) in [4.78, 5) is 0. The highest BCUT2D eigenvalue weighted by Crippen LogP contribution is 2.33. The second kappa shape index (κ2) is 7.60. The van der Waals surface area contributed by atoms with Crippen molar-refractivity contribution in [3.05, 3.63) is 0 Å². The summed E-state index contributed by atoms with van der Waals surface area (Å²) >= 11 is 0. The summed E-state index contributed by atoms with van der Waals surface area (Å²) in [5, 5.41) is 13.5. The second-order valence-corrected chi connectivity index (χ2v) is 8.21. The van der Waals surface area contributed by atoms with Gasteiger partial charge in [-0.25, -0.2) is 8.42 Å². The Kier molecular flexibility index (Phi) is 6.77. The Balaban J connectivity index is 2.22. The van der Waals surface area contributed by atoms with E-state index in [0.29, 0.717) is 19.5 Å². The van der Waals surface area contributed by atoms with E-state index in [0.717, 1.165) is 31.6 Å². The molecule has 0 radical (unpaired) electrons. The summed E-state index contributed by atoms with van der Waals surface area (Å²) < 4.78 is 23.1. The molecule has 4 nitrogen and oxygen atoms in total. The van der Waals surface area contributed by atoms with Crippen molar-refractivity contribution in [2.24, 2.45) is 5.92 Å². The van der Waals surface area contributed by atoms with Crippen LogP contribution in [0.5, 0.6) is 0 Å². The van der Waals surface area contributed by atoms with Crippen LogP contribution in [0.15, 0.2) is 0 Å². The smallest absolute Gasteiger partial charge is 0.151 e. The molecule has 1 saturated carbocycles. The van der Waals surface area contributed by atoms with Gasteiger partial charge in [0.25, 0.3) is 0 Å². The van der Waals surface area contributed by atoms with Crippen molar-refractivity contribution in [1.29, 1.82) is 0 Å². The lowest BCUT2D eigenvalue weighted by atomic mass is 9.78. The Morgan fingerprint density at radius 2 is 1.84 bits per heavy atom. The van der Waals surface area contributed by atoms with Crippen LogP contribution >= 0.6 is 0 Å². The topological polar surface area (TPSA) is 66.4 Å². The predicted molar refractivity (Wildman–Crippen MR) is 79.0 cm³/mol. The fraction of sp³-hybridized carbons (Fsp3) is 1.00. The van der Waals surface area contributed by atoms with E-state index in [1.807, 2.05) is 6.92 Å². The molecule has 0 heterocycles. The molecule has 0 aromatic carbocycles. The van der Waals surface area contributed by atoms with Crippen LogP contribution in [-0.2, 0) is 9.84 Å². The third-order valence-corrected chi connectivity index (χ3v) is 6.03. The summed E-state index contributed by atoms with van der Waals surface area (Å²) in [5.41, 5.74) is -0.625. The molecule has 1 aliphatic rings. The normalized spacial score (nSPS) is 28.5. The van der Waals surface area contributed by atoms with Crippen molar-refractivity contribution in [2.75, 3.05) is 24.6 Å². The van der Waals surface area contributed by atoms with Crippen molar-refractivity contribution in [2.45, 2.75) is 58.0 Å². The number of aliphatic hydroxyl groups is 1. The molecular formula is C14H29NO3S. The van der Waals surface area contributed by atoms with Gasteiger partial charge in [0, 0.05) is 18.8 Å². The zero-order chi connectivity index (χ0) is 14.4. The Morgan fingerprint density at radius 1 is 1.21 bits per heavy atom. The Hall–Kier alpha value is -0.130. The minimum atomic E-state index is -2.91. The first-order chi connectivity index (χ1) is 8.91. The van der Waals surface area contributed by atoms with Gasteiger partial charge in [-0.2, -0.15) is 0 Å². The molecule has 0 aromatic heterocycles. The summed E-state index contributed by atoms with van der Waals surface area (Å²) in [6, 6.07) is 0. The van der Waals surface area contributed by atoms with E-state index in [4.69, 9.17) is 0 Å². The molecule has 0 aromatic rings. The summed E-state index contributed by atoms with van der Waals surface area (Å²) in [6.07, 6.45) is 5.70. The van der Waals surface area contributed by atoms with Crippen LogP contribution in [0, 0.1) is 5.92 Å². The molecule has 1 aliphatic carbocycles. The SMILES string of the molecule is CCCS(=O)(=O)CCNCC1(O)CCC(CC)CC1. The molecule has 0 spiro atoms. The molecule has 5 heteroatoms. The average Bonchev–Trinajstić information content (AvgIpc) is 2.36. The fourth-order valence-corrected chi connectivity index (χ4v) is 4.04. The highest BCUT2D eigenvalue weighted by Gasteiger charge is 2.32. The zero-order valence-electron chi connectivity index (χ0n) is 12.3. The van der Waals surface area contributed by atoms with Crippen molar-refractivity contribution in [3.8, 4) is 0 Å². The monoisotopic (exact) mass is 291 g/mol. The molecule has 0 aliphatic heterocycles. The molecule has 0 saturated heterocycles. The van der Waals surface area contributed by atoms with Gasteiger partial charge in [0.05, 0.1) is 11.4 Å². The Bertz CT molecular complexity index is 346. The van der Waals surface area contributed by atoms with Gasteiger partial charge in [-0.15, -0.1) is 0 Å². The molecule has 0 unspecified atom stereocenters. The summed E-state index contributed by atoms with van der Waals surface area (Å²) in [7, 11) is -2.91. The van der Waals surface area contributed by atoms with Gasteiger partial charge in [0.15, 0.2) is 9.84 Å². The molecule has 0 atom stereocenters. The Labute approximate surface area is 117 Å². The lowest BCUT2D eigenvalue weighted by Gasteiger charge is -2.36. The average molecular weight is 291 g/mol.